The maximum Gasteiger partial charge on any atom is 0.287 e. The van der Waals surface area contributed by atoms with Gasteiger partial charge < -0.3 is 11.1 Å². The van der Waals surface area contributed by atoms with Gasteiger partial charge in [-0.05, 0) is 31.7 Å². The molecule has 3 N–H and O–H groups in total. The number of aryl methyl sites for hydroxylation is 1. The molecule has 1 atom stereocenters. The quantitative estimate of drug-likeness (QED) is 0.609. The van der Waals surface area contributed by atoms with Crippen molar-refractivity contribution in [2.75, 3.05) is 11.9 Å². The zero-order valence-corrected chi connectivity index (χ0v) is 11.9. The molecular formula is C13H22N4O2. The van der Waals surface area contributed by atoms with Crippen LogP contribution < -0.4 is 11.1 Å². The van der Waals surface area contributed by atoms with Crippen molar-refractivity contribution < 1.29 is 4.92 Å². The lowest BCUT2D eigenvalue weighted by atomic mass is 9.90. The average Bonchev–Trinajstić information content (AvgIpc) is 2.30. The van der Waals surface area contributed by atoms with Crippen molar-refractivity contribution in [3.05, 3.63) is 27.9 Å². The summed E-state index contributed by atoms with van der Waals surface area (Å²) >= 11 is 0. The van der Waals surface area contributed by atoms with Crippen LogP contribution in [0.1, 0.15) is 32.8 Å². The third kappa shape index (κ3) is 4.17. The fraction of sp³-hybridized carbons (Fsp3) is 0.615. The van der Waals surface area contributed by atoms with E-state index < -0.39 is 4.92 Å². The second-order valence-corrected chi connectivity index (χ2v) is 5.60. The molecule has 0 amide bonds. The Hall–Kier alpha value is -1.69. The van der Waals surface area contributed by atoms with Crippen molar-refractivity contribution in [2.45, 2.75) is 39.7 Å². The Labute approximate surface area is 113 Å². The molecule has 0 fully saturated rings. The Morgan fingerprint density at radius 1 is 1.58 bits per heavy atom. The molecule has 1 aromatic heterocycles. The third-order valence-electron chi connectivity index (χ3n) is 3.00. The number of anilines is 1. The summed E-state index contributed by atoms with van der Waals surface area (Å²) in [5.74, 6) is 1.15. The molecule has 1 heterocycles. The molecule has 1 unspecified atom stereocenters. The molecule has 1 aromatic rings. The van der Waals surface area contributed by atoms with Crippen molar-refractivity contribution in [2.24, 2.45) is 11.7 Å². The molecule has 0 aromatic carbocycles. The van der Waals surface area contributed by atoms with Crippen LogP contribution >= 0.6 is 0 Å². The molecule has 19 heavy (non-hydrogen) atoms. The average molecular weight is 266 g/mol. The van der Waals surface area contributed by atoms with E-state index in [1.54, 1.807) is 6.92 Å². The third-order valence-corrected chi connectivity index (χ3v) is 3.00. The number of aromatic nitrogens is 1. The van der Waals surface area contributed by atoms with Crippen LogP contribution in [0.3, 0.4) is 0 Å². The summed E-state index contributed by atoms with van der Waals surface area (Å²) in [5.41, 5.74) is 6.32. The molecule has 0 bridgehead atoms. The van der Waals surface area contributed by atoms with E-state index in [4.69, 9.17) is 5.73 Å². The molecule has 6 heteroatoms. The van der Waals surface area contributed by atoms with Crippen LogP contribution in [0.25, 0.3) is 0 Å². The molecule has 106 valence electrons. The van der Waals surface area contributed by atoms with Crippen LogP contribution in [-0.4, -0.2) is 22.0 Å². The van der Waals surface area contributed by atoms with Gasteiger partial charge >= 0.3 is 0 Å². The number of nitrogens with one attached hydrogen (secondary N) is 1. The summed E-state index contributed by atoms with van der Waals surface area (Å²) < 4.78 is 0. The van der Waals surface area contributed by atoms with Crippen LogP contribution in [0.15, 0.2) is 12.3 Å². The molecule has 0 radical (unpaired) electrons. The predicted molar refractivity (Wildman–Crippen MR) is 76.2 cm³/mol. The molecule has 0 saturated carbocycles. The first-order valence-corrected chi connectivity index (χ1v) is 6.36. The SMILES string of the molecule is Cc1cc([N+](=O)[O-])cnc1NC(C)(CN)CC(C)C. The zero-order valence-electron chi connectivity index (χ0n) is 11.9. The van der Waals surface area contributed by atoms with Gasteiger partial charge in [-0.3, -0.25) is 10.1 Å². The van der Waals surface area contributed by atoms with E-state index in [2.05, 4.69) is 24.1 Å². The van der Waals surface area contributed by atoms with Crippen molar-refractivity contribution in [1.29, 1.82) is 0 Å². The highest BCUT2D eigenvalue weighted by Crippen LogP contribution is 2.24. The van der Waals surface area contributed by atoms with Crippen molar-refractivity contribution in [3.63, 3.8) is 0 Å². The molecule has 0 aliphatic heterocycles. The maximum absolute atomic E-state index is 10.7. The van der Waals surface area contributed by atoms with E-state index in [-0.39, 0.29) is 11.2 Å². The predicted octanol–water partition coefficient (Wildman–Crippen LogP) is 2.47. The lowest BCUT2D eigenvalue weighted by Gasteiger charge is -2.32. The van der Waals surface area contributed by atoms with Crippen LogP contribution in [0.5, 0.6) is 0 Å². The topological polar surface area (TPSA) is 94.1 Å². The summed E-state index contributed by atoms with van der Waals surface area (Å²) in [6.07, 6.45) is 2.17. The Morgan fingerprint density at radius 3 is 2.63 bits per heavy atom. The number of nitrogens with two attached hydrogens (primary N) is 1. The summed E-state index contributed by atoms with van der Waals surface area (Å²) in [5, 5.41) is 14.0. The van der Waals surface area contributed by atoms with Crippen molar-refractivity contribution in [3.8, 4) is 0 Å². The number of rotatable bonds is 6. The maximum atomic E-state index is 10.7. The van der Waals surface area contributed by atoms with Crippen LogP contribution in [0.4, 0.5) is 11.5 Å². The number of pyridine rings is 1. The highest BCUT2D eigenvalue weighted by atomic mass is 16.6. The number of hydrogen-bond donors (Lipinski definition) is 2. The van der Waals surface area contributed by atoms with Gasteiger partial charge in [0.2, 0.25) is 0 Å². The molecule has 0 aliphatic carbocycles. The molecule has 0 spiro atoms. The Bertz CT molecular complexity index is 462. The smallest absolute Gasteiger partial charge is 0.287 e. The Morgan fingerprint density at radius 2 is 2.21 bits per heavy atom. The fourth-order valence-electron chi connectivity index (χ4n) is 2.16. The van der Waals surface area contributed by atoms with Gasteiger partial charge in [-0.1, -0.05) is 13.8 Å². The normalized spacial score (nSPS) is 14.2. The summed E-state index contributed by atoms with van der Waals surface area (Å²) in [4.78, 5) is 14.4. The van der Waals surface area contributed by atoms with Crippen molar-refractivity contribution >= 4 is 11.5 Å². The summed E-state index contributed by atoms with van der Waals surface area (Å²) in [7, 11) is 0. The minimum atomic E-state index is -0.444. The van der Waals surface area contributed by atoms with Gasteiger partial charge in [-0.2, -0.15) is 0 Å². The first kappa shape index (κ1) is 15.4. The highest BCUT2D eigenvalue weighted by Gasteiger charge is 2.25. The minimum Gasteiger partial charge on any atom is -0.363 e. The molecule has 6 nitrogen and oxygen atoms in total. The fourth-order valence-corrected chi connectivity index (χ4v) is 2.16. The first-order valence-electron chi connectivity index (χ1n) is 6.36. The highest BCUT2D eigenvalue weighted by molar-refractivity contribution is 5.49. The lowest BCUT2D eigenvalue weighted by Crippen LogP contribution is -2.44. The van der Waals surface area contributed by atoms with Gasteiger partial charge in [0.05, 0.1) is 4.92 Å². The van der Waals surface area contributed by atoms with Gasteiger partial charge in [0.1, 0.15) is 12.0 Å². The van der Waals surface area contributed by atoms with Gasteiger partial charge in [0.15, 0.2) is 0 Å². The van der Waals surface area contributed by atoms with E-state index >= 15 is 0 Å². The van der Waals surface area contributed by atoms with Crippen LogP contribution in [-0.2, 0) is 0 Å². The minimum absolute atomic E-state index is 0.00126. The second-order valence-electron chi connectivity index (χ2n) is 5.60. The van der Waals surface area contributed by atoms with E-state index in [1.807, 2.05) is 6.92 Å². The van der Waals surface area contributed by atoms with E-state index in [0.717, 1.165) is 12.0 Å². The van der Waals surface area contributed by atoms with Gasteiger partial charge in [0.25, 0.3) is 5.69 Å². The molecular weight excluding hydrogens is 244 g/mol. The standard InChI is InChI=1S/C13H22N4O2/c1-9(2)6-13(4,8-14)16-12-10(3)5-11(7-15-12)17(18)19/h5,7,9H,6,8,14H2,1-4H3,(H,15,16). The number of nitrogens with zero attached hydrogens (tertiary/aromatic N) is 2. The monoisotopic (exact) mass is 266 g/mol. The largest absolute Gasteiger partial charge is 0.363 e. The molecule has 1 rings (SSSR count). The van der Waals surface area contributed by atoms with E-state index in [1.165, 1.54) is 12.3 Å². The number of nitro groups is 1. The van der Waals surface area contributed by atoms with Gasteiger partial charge in [0, 0.05) is 18.2 Å². The second kappa shape index (κ2) is 5.97. The lowest BCUT2D eigenvalue weighted by molar-refractivity contribution is -0.385. The van der Waals surface area contributed by atoms with E-state index in [9.17, 15) is 10.1 Å². The molecule has 0 aliphatic rings. The van der Waals surface area contributed by atoms with Gasteiger partial charge in [-0.25, -0.2) is 4.98 Å². The number of hydrogen-bond acceptors (Lipinski definition) is 5. The first-order chi connectivity index (χ1) is 8.77. The summed E-state index contributed by atoms with van der Waals surface area (Å²) in [6.45, 7) is 8.57. The van der Waals surface area contributed by atoms with Crippen LogP contribution in [0, 0.1) is 23.0 Å². The Balaban J connectivity index is 2.95. The zero-order chi connectivity index (χ0) is 14.6. The van der Waals surface area contributed by atoms with Crippen LogP contribution in [0.2, 0.25) is 0 Å². The van der Waals surface area contributed by atoms with E-state index in [0.29, 0.717) is 18.3 Å². The Kier molecular flexibility index (Phi) is 4.83. The van der Waals surface area contributed by atoms with Crippen molar-refractivity contribution in [1.82, 2.24) is 4.98 Å². The molecule has 0 saturated heterocycles. The van der Waals surface area contributed by atoms with Gasteiger partial charge in [-0.15, -0.1) is 0 Å². The summed E-state index contributed by atoms with van der Waals surface area (Å²) in [6, 6.07) is 1.52.